The van der Waals surface area contributed by atoms with E-state index in [9.17, 15) is 0 Å². The van der Waals surface area contributed by atoms with Crippen LogP contribution in [0.5, 0.6) is 0 Å². The van der Waals surface area contributed by atoms with Crippen LogP contribution in [0.1, 0.15) is 25.4 Å². The SMILES string of the molecule is C\C=C/C=C(\C=C/C)c1cnc(/C=C\C(=N)Cl)[nH]1. The number of nitrogens with one attached hydrogen (secondary N) is 2. The van der Waals surface area contributed by atoms with Crippen LogP contribution in [-0.4, -0.2) is 15.1 Å². The zero-order valence-corrected chi connectivity index (χ0v) is 11.2. The predicted octanol–water partition coefficient (Wildman–Crippen LogP) is 4.17. The number of hydrogen-bond acceptors (Lipinski definition) is 2. The van der Waals surface area contributed by atoms with Crippen molar-refractivity contribution in [3.8, 4) is 0 Å². The molecule has 0 bridgehead atoms. The first kappa shape index (κ1) is 14.2. The summed E-state index contributed by atoms with van der Waals surface area (Å²) in [5.74, 6) is 0.672. The highest BCUT2D eigenvalue weighted by Crippen LogP contribution is 2.14. The lowest BCUT2D eigenvalue weighted by Gasteiger charge is -1.96. The number of H-pyrrole nitrogens is 1. The summed E-state index contributed by atoms with van der Waals surface area (Å²) in [6, 6.07) is 0. The van der Waals surface area contributed by atoms with Gasteiger partial charge in [0.15, 0.2) is 0 Å². The van der Waals surface area contributed by atoms with Crippen molar-refractivity contribution in [2.24, 2.45) is 0 Å². The summed E-state index contributed by atoms with van der Waals surface area (Å²) in [5.41, 5.74) is 1.97. The summed E-state index contributed by atoms with van der Waals surface area (Å²) in [7, 11) is 0. The third-order valence-corrected chi connectivity index (χ3v) is 2.23. The molecule has 0 radical (unpaired) electrons. The van der Waals surface area contributed by atoms with E-state index < -0.39 is 0 Å². The molecule has 0 saturated heterocycles. The molecule has 0 saturated carbocycles. The Labute approximate surface area is 112 Å². The van der Waals surface area contributed by atoms with E-state index in [1.807, 2.05) is 44.2 Å². The van der Waals surface area contributed by atoms with Gasteiger partial charge < -0.3 is 4.98 Å². The molecule has 2 N–H and O–H groups in total. The molecule has 0 unspecified atom stereocenters. The highest BCUT2D eigenvalue weighted by molar-refractivity contribution is 6.67. The summed E-state index contributed by atoms with van der Waals surface area (Å²) in [5, 5.41) is 7.07. The maximum atomic E-state index is 7.10. The van der Waals surface area contributed by atoms with Crippen LogP contribution in [0.15, 0.2) is 42.7 Å². The zero-order valence-electron chi connectivity index (χ0n) is 10.4. The molecular formula is C14H16ClN3. The largest absolute Gasteiger partial charge is 0.338 e. The lowest BCUT2D eigenvalue weighted by Crippen LogP contribution is -1.82. The number of allylic oxidation sites excluding steroid dienone is 7. The molecule has 18 heavy (non-hydrogen) atoms. The number of halogens is 1. The van der Waals surface area contributed by atoms with Crippen molar-refractivity contribution in [3.05, 3.63) is 54.2 Å². The second kappa shape index (κ2) is 7.45. The molecule has 3 nitrogen and oxygen atoms in total. The van der Waals surface area contributed by atoms with Crippen molar-refractivity contribution in [2.45, 2.75) is 13.8 Å². The number of aromatic amines is 1. The van der Waals surface area contributed by atoms with Crippen LogP contribution < -0.4 is 0 Å². The van der Waals surface area contributed by atoms with Gasteiger partial charge in [-0.2, -0.15) is 0 Å². The smallest absolute Gasteiger partial charge is 0.130 e. The molecule has 1 aromatic rings. The lowest BCUT2D eigenvalue weighted by molar-refractivity contribution is 1.25. The summed E-state index contributed by atoms with van der Waals surface area (Å²) < 4.78 is 0. The van der Waals surface area contributed by atoms with Crippen LogP contribution >= 0.6 is 11.6 Å². The molecule has 0 aromatic carbocycles. The molecule has 0 spiro atoms. The van der Waals surface area contributed by atoms with E-state index in [0.717, 1.165) is 11.3 Å². The van der Waals surface area contributed by atoms with Crippen molar-refractivity contribution < 1.29 is 0 Å². The summed E-state index contributed by atoms with van der Waals surface area (Å²) in [4.78, 5) is 7.36. The van der Waals surface area contributed by atoms with Crippen LogP contribution in [0.2, 0.25) is 0 Å². The van der Waals surface area contributed by atoms with E-state index in [1.54, 1.807) is 12.3 Å². The maximum absolute atomic E-state index is 7.10. The number of imidazole rings is 1. The molecular weight excluding hydrogens is 246 g/mol. The average molecular weight is 262 g/mol. The maximum Gasteiger partial charge on any atom is 0.130 e. The Morgan fingerprint density at radius 3 is 2.72 bits per heavy atom. The summed E-state index contributed by atoms with van der Waals surface area (Å²) in [6.07, 6.45) is 14.8. The van der Waals surface area contributed by atoms with E-state index in [4.69, 9.17) is 17.0 Å². The number of nitrogens with zero attached hydrogens (tertiary/aromatic N) is 1. The van der Waals surface area contributed by atoms with Crippen molar-refractivity contribution >= 4 is 28.4 Å². The first-order chi connectivity index (χ1) is 8.67. The molecule has 0 aliphatic rings. The van der Waals surface area contributed by atoms with Crippen molar-refractivity contribution in [1.29, 1.82) is 5.41 Å². The molecule has 1 heterocycles. The molecule has 0 amide bonds. The van der Waals surface area contributed by atoms with Gasteiger partial charge in [-0.3, -0.25) is 5.41 Å². The zero-order chi connectivity index (χ0) is 13.4. The fourth-order valence-corrected chi connectivity index (χ4v) is 1.40. The Bertz CT molecular complexity index is 519. The molecule has 1 aromatic heterocycles. The van der Waals surface area contributed by atoms with Crippen LogP contribution in [0.3, 0.4) is 0 Å². The van der Waals surface area contributed by atoms with Gasteiger partial charge in [0.1, 0.15) is 11.0 Å². The fourth-order valence-electron chi connectivity index (χ4n) is 1.33. The first-order valence-electron chi connectivity index (χ1n) is 5.60. The highest BCUT2D eigenvalue weighted by atomic mass is 35.5. The predicted molar refractivity (Wildman–Crippen MR) is 78.8 cm³/mol. The van der Waals surface area contributed by atoms with E-state index in [-0.39, 0.29) is 5.17 Å². The minimum atomic E-state index is -0.0221. The standard InChI is InChI=1S/C14H16ClN3/c1-3-5-7-11(6-4-2)12-10-17-14(18-12)9-8-13(15)16/h3-10,16H,1-2H3,(H,17,18)/b5-3-,6-4-,9-8-,11-7+,16-13?. The van der Waals surface area contributed by atoms with Gasteiger partial charge in [0, 0.05) is 0 Å². The van der Waals surface area contributed by atoms with Gasteiger partial charge >= 0.3 is 0 Å². The second-order valence-corrected chi connectivity index (χ2v) is 3.92. The monoisotopic (exact) mass is 261 g/mol. The Morgan fingerprint density at radius 2 is 2.11 bits per heavy atom. The average Bonchev–Trinajstić information content (AvgIpc) is 2.80. The molecule has 1 rings (SSSR count). The first-order valence-corrected chi connectivity index (χ1v) is 5.98. The van der Waals surface area contributed by atoms with Gasteiger partial charge in [-0.1, -0.05) is 42.0 Å². The van der Waals surface area contributed by atoms with Crippen LogP contribution in [0.25, 0.3) is 11.6 Å². The quantitative estimate of drug-likeness (QED) is 0.606. The van der Waals surface area contributed by atoms with Gasteiger partial charge in [-0.05, 0) is 31.6 Å². The van der Waals surface area contributed by atoms with Gasteiger partial charge in [-0.15, -0.1) is 0 Å². The van der Waals surface area contributed by atoms with Gasteiger partial charge in [0.05, 0.1) is 11.9 Å². The van der Waals surface area contributed by atoms with E-state index in [0.29, 0.717) is 5.82 Å². The topological polar surface area (TPSA) is 52.5 Å². The Kier molecular flexibility index (Phi) is 5.88. The van der Waals surface area contributed by atoms with Crippen LogP contribution in [0.4, 0.5) is 0 Å². The molecule has 0 fully saturated rings. The molecule has 0 aliphatic heterocycles. The van der Waals surface area contributed by atoms with Crippen LogP contribution in [-0.2, 0) is 0 Å². The fraction of sp³-hybridized carbons (Fsp3) is 0.143. The Hall–Kier alpha value is -1.87. The molecule has 94 valence electrons. The number of hydrogen-bond donors (Lipinski definition) is 2. The number of aromatic nitrogens is 2. The summed E-state index contributed by atoms with van der Waals surface area (Å²) in [6.45, 7) is 3.94. The van der Waals surface area contributed by atoms with Crippen LogP contribution in [0, 0.1) is 5.41 Å². The Balaban J connectivity index is 2.98. The number of rotatable bonds is 5. The summed E-state index contributed by atoms with van der Waals surface area (Å²) >= 11 is 5.44. The second-order valence-electron chi connectivity index (χ2n) is 3.51. The van der Waals surface area contributed by atoms with Gasteiger partial charge in [-0.25, -0.2) is 4.98 Å². The van der Waals surface area contributed by atoms with Gasteiger partial charge in [0.25, 0.3) is 0 Å². The highest BCUT2D eigenvalue weighted by Gasteiger charge is 2.00. The third-order valence-electron chi connectivity index (χ3n) is 2.11. The van der Waals surface area contributed by atoms with Crippen molar-refractivity contribution in [2.75, 3.05) is 0 Å². The van der Waals surface area contributed by atoms with Gasteiger partial charge in [0.2, 0.25) is 0 Å². The van der Waals surface area contributed by atoms with E-state index >= 15 is 0 Å². The minimum Gasteiger partial charge on any atom is -0.338 e. The minimum absolute atomic E-state index is 0.0221. The van der Waals surface area contributed by atoms with E-state index in [2.05, 4.69) is 9.97 Å². The molecule has 0 aliphatic carbocycles. The van der Waals surface area contributed by atoms with Crippen molar-refractivity contribution in [3.63, 3.8) is 0 Å². The van der Waals surface area contributed by atoms with Crippen molar-refractivity contribution in [1.82, 2.24) is 9.97 Å². The molecule has 0 atom stereocenters. The Morgan fingerprint density at radius 1 is 1.33 bits per heavy atom. The lowest BCUT2D eigenvalue weighted by atomic mass is 10.1. The normalized spacial score (nSPS) is 13.2. The molecule has 4 heteroatoms. The third kappa shape index (κ3) is 4.55. The van der Waals surface area contributed by atoms with E-state index in [1.165, 1.54) is 6.08 Å².